The van der Waals surface area contributed by atoms with Crippen molar-refractivity contribution in [2.24, 2.45) is 23.5 Å². The molecule has 0 aliphatic heterocycles. The molecule has 0 aromatic carbocycles. The molecule has 1 rings (SSSR count). The normalized spacial score (nSPS) is 34.9. The zero-order valence-corrected chi connectivity index (χ0v) is 8.36. The molecule has 0 amide bonds. The fraction of sp³-hybridized carbons (Fsp3) is 0.900. The van der Waals surface area contributed by atoms with Gasteiger partial charge in [0.05, 0.1) is 5.92 Å². The monoisotopic (exact) mass is 185 g/mol. The number of nitrogens with two attached hydrogens (primary N) is 1. The van der Waals surface area contributed by atoms with Gasteiger partial charge in [0.15, 0.2) is 0 Å². The van der Waals surface area contributed by atoms with Crippen molar-refractivity contribution in [3.63, 3.8) is 0 Å². The van der Waals surface area contributed by atoms with Gasteiger partial charge >= 0.3 is 5.97 Å². The predicted molar refractivity (Wildman–Crippen MR) is 51.3 cm³/mol. The van der Waals surface area contributed by atoms with E-state index < -0.39 is 5.97 Å². The maximum Gasteiger partial charge on any atom is 0.308 e. The minimum Gasteiger partial charge on any atom is -0.481 e. The highest BCUT2D eigenvalue weighted by atomic mass is 16.4. The molecule has 1 saturated carbocycles. The van der Waals surface area contributed by atoms with Gasteiger partial charge in [0.25, 0.3) is 0 Å². The van der Waals surface area contributed by atoms with Crippen molar-refractivity contribution in [1.29, 1.82) is 0 Å². The maximum absolute atomic E-state index is 10.8. The molecule has 1 fully saturated rings. The lowest BCUT2D eigenvalue weighted by molar-refractivity contribution is -0.143. The van der Waals surface area contributed by atoms with E-state index in [-0.39, 0.29) is 12.0 Å². The minimum atomic E-state index is -0.727. The Hall–Kier alpha value is -0.570. The van der Waals surface area contributed by atoms with E-state index in [4.69, 9.17) is 10.8 Å². The molecule has 3 atom stereocenters. The summed E-state index contributed by atoms with van der Waals surface area (Å²) < 4.78 is 0. The number of rotatable bonds is 2. The third-order valence-corrected chi connectivity index (χ3v) is 3.20. The predicted octanol–water partition coefficient (Wildman–Crippen LogP) is 1.47. The van der Waals surface area contributed by atoms with Crippen molar-refractivity contribution in [3.05, 3.63) is 0 Å². The molecule has 3 nitrogen and oxygen atoms in total. The van der Waals surface area contributed by atoms with Crippen LogP contribution in [0.3, 0.4) is 0 Å². The SMILES string of the molecule is CC(C)[C@H]1CC[C@H](C(=O)O)[C@H](N)C1. The van der Waals surface area contributed by atoms with Crippen LogP contribution in [0.5, 0.6) is 0 Å². The molecule has 1 aliphatic rings. The molecular formula is C10H19NO2. The molecule has 0 unspecified atom stereocenters. The number of aliphatic carboxylic acids is 1. The minimum absolute atomic E-state index is 0.140. The lowest BCUT2D eigenvalue weighted by atomic mass is 9.74. The highest BCUT2D eigenvalue weighted by molar-refractivity contribution is 5.71. The molecule has 3 heteroatoms. The van der Waals surface area contributed by atoms with Crippen LogP contribution in [-0.2, 0) is 4.79 Å². The summed E-state index contributed by atoms with van der Waals surface area (Å²) in [6, 6.07) is -0.140. The van der Waals surface area contributed by atoms with E-state index in [0.717, 1.165) is 19.3 Å². The molecule has 0 heterocycles. The van der Waals surface area contributed by atoms with E-state index in [9.17, 15) is 4.79 Å². The van der Waals surface area contributed by atoms with E-state index in [1.165, 1.54) is 0 Å². The summed E-state index contributed by atoms with van der Waals surface area (Å²) in [5.74, 6) is 0.205. The van der Waals surface area contributed by atoms with Gasteiger partial charge in [0, 0.05) is 6.04 Å². The Morgan fingerprint density at radius 1 is 1.46 bits per heavy atom. The summed E-state index contributed by atoms with van der Waals surface area (Å²) in [6.07, 6.45) is 2.64. The average molecular weight is 185 g/mol. The molecule has 3 N–H and O–H groups in total. The largest absolute Gasteiger partial charge is 0.481 e. The van der Waals surface area contributed by atoms with Gasteiger partial charge in [-0.15, -0.1) is 0 Å². The van der Waals surface area contributed by atoms with Crippen LogP contribution in [-0.4, -0.2) is 17.1 Å². The number of carbonyl (C=O) groups is 1. The summed E-state index contributed by atoms with van der Waals surface area (Å²) >= 11 is 0. The smallest absolute Gasteiger partial charge is 0.308 e. The quantitative estimate of drug-likeness (QED) is 0.684. The first-order valence-corrected chi connectivity index (χ1v) is 5.00. The fourth-order valence-corrected chi connectivity index (χ4v) is 2.15. The first-order chi connectivity index (χ1) is 6.02. The van der Waals surface area contributed by atoms with Crippen LogP contribution in [0.15, 0.2) is 0 Å². The van der Waals surface area contributed by atoms with Gasteiger partial charge in [0.1, 0.15) is 0 Å². The van der Waals surface area contributed by atoms with Gasteiger partial charge in [-0.2, -0.15) is 0 Å². The van der Waals surface area contributed by atoms with Gasteiger partial charge in [-0.05, 0) is 31.1 Å². The zero-order chi connectivity index (χ0) is 10.0. The lowest BCUT2D eigenvalue weighted by Crippen LogP contribution is -2.41. The number of hydrogen-bond donors (Lipinski definition) is 2. The Balaban J connectivity index is 2.51. The van der Waals surface area contributed by atoms with Gasteiger partial charge in [0.2, 0.25) is 0 Å². The van der Waals surface area contributed by atoms with Crippen molar-refractivity contribution >= 4 is 5.97 Å². The second-order valence-electron chi connectivity index (χ2n) is 4.43. The van der Waals surface area contributed by atoms with Crippen molar-refractivity contribution in [2.45, 2.75) is 39.2 Å². The Morgan fingerprint density at radius 3 is 2.46 bits per heavy atom. The van der Waals surface area contributed by atoms with Crippen LogP contribution >= 0.6 is 0 Å². The summed E-state index contributed by atoms with van der Waals surface area (Å²) in [5, 5.41) is 8.85. The second-order valence-corrected chi connectivity index (χ2v) is 4.43. The van der Waals surface area contributed by atoms with Crippen LogP contribution in [0, 0.1) is 17.8 Å². The van der Waals surface area contributed by atoms with Gasteiger partial charge in [-0.25, -0.2) is 0 Å². The Bertz CT molecular complexity index is 191. The highest BCUT2D eigenvalue weighted by Crippen LogP contribution is 2.32. The Morgan fingerprint density at radius 2 is 2.08 bits per heavy atom. The molecule has 0 bridgehead atoms. The molecule has 0 saturated heterocycles. The average Bonchev–Trinajstić information content (AvgIpc) is 2.03. The molecule has 0 aromatic rings. The molecular weight excluding hydrogens is 166 g/mol. The summed E-state index contributed by atoms with van der Waals surface area (Å²) in [4.78, 5) is 10.8. The van der Waals surface area contributed by atoms with Crippen LogP contribution < -0.4 is 5.73 Å². The molecule has 76 valence electrons. The zero-order valence-electron chi connectivity index (χ0n) is 8.36. The fourth-order valence-electron chi connectivity index (χ4n) is 2.15. The van der Waals surface area contributed by atoms with E-state index in [2.05, 4.69) is 13.8 Å². The van der Waals surface area contributed by atoms with E-state index >= 15 is 0 Å². The third-order valence-electron chi connectivity index (χ3n) is 3.20. The van der Waals surface area contributed by atoms with Gasteiger partial charge < -0.3 is 10.8 Å². The van der Waals surface area contributed by atoms with Crippen molar-refractivity contribution in [2.75, 3.05) is 0 Å². The van der Waals surface area contributed by atoms with Crippen LogP contribution in [0.4, 0.5) is 0 Å². The summed E-state index contributed by atoms with van der Waals surface area (Å²) in [7, 11) is 0. The Labute approximate surface area is 79.3 Å². The third kappa shape index (κ3) is 2.44. The Kier molecular flexibility index (Phi) is 3.31. The standard InChI is InChI=1S/C10H19NO2/c1-6(2)7-3-4-8(10(12)13)9(11)5-7/h6-9H,3-5,11H2,1-2H3,(H,12,13)/t7-,8-,9+/m0/s1. The first kappa shape index (κ1) is 10.5. The molecule has 0 spiro atoms. The van der Waals surface area contributed by atoms with Crippen molar-refractivity contribution in [3.8, 4) is 0 Å². The summed E-state index contributed by atoms with van der Waals surface area (Å²) in [5.41, 5.74) is 5.83. The van der Waals surface area contributed by atoms with Crippen molar-refractivity contribution < 1.29 is 9.90 Å². The van der Waals surface area contributed by atoms with Crippen molar-refractivity contribution in [1.82, 2.24) is 0 Å². The van der Waals surface area contributed by atoms with Gasteiger partial charge in [-0.3, -0.25) is 4.79 Å². The highest BCUT2D eigenvalue weighted by Gasteiger charge is 2.33. The number of hydrogen-bond acceptors (Lipinski definition) is 2. The second kappa shape index (κ2) is 4.09. The maximum atomic E-state index is 10.8. The number of carboxylic acid groups (broad SMARTS) is 1. The topological polar surface area (TPSA) is 63.3 Å². The van der Waals surface area contributed by atoms with E-state index in [1.807, 2.05) is 0 Å². The molecule has 0 aromatic heterocycles. The molecule has 13 heavy (non-hydrogen) atoms. The molecule has 1 aliphatic carbocycles. The summed E-state index contributed by atoms with van der Waals surface area (Å²) in [6.45, 7) is 4.36. The van der Waals surface area contributed by atoms with Crippen LogP contribution in [0.2, 0.25) is 0 Å². The number of carboxylic acids is 1. The van der Waals surface area contributed by atoms with E-state index in [0.29, 0.717) is 11.8 Å². The van der Waals surface area contributed by atoms with Crippen LogP contribution in [0.1, 0.15) is 33.1 Å². The van der Waals surface area contributed by atoms with Gasteiger partial charge in [-0.1, -0.05) is 13.8 Å². The van der Waals surface area contributed by atoms with E-state index in [1.54, 1.807) is 0 Å². The molecule has 0 radical (unpaired) electrons. The van der Waals surface area contributed by atoms with Crippen LogP contribution in [0.25, 0.3) is 0 Å². The lowest BCUT2D eigenvalue weighted by Gasteiger charge is -2.33. The first-order valence-electron chi connectivity index (χ1n) is 5.00.